The quantitative estimate of drug-likeness (QED) is 0.860. The molecule has 2 unspecified atom stereocenters. The zero-order chi connectivity index (χ0) is 16.8. The summed E-state index contributed by atoms with van der Waals surface area (Å²) < 4.78 is 5.55. The number of amides is 2. The van der Waals surface area contributed by atoms with Crippen molar-refractivity contribution in [3.05, 3.63) is 59.5 Å². The van der Waals surface area contributed by atoms with Crippen LogP contribution in [0.25, 0.3) is 0 Å². The van der Waals surface area contributed by atoms with E-state index in [9.17, 15) is 4.79 Å². The number of rotatable bonds is 6. The summed E-state index contributed by atoms with van der Waals surface area (Å²) in [7, 11) is 3.98. The summed E-state index contributed by atoms with van der Waals surface area (Å²) in [6.07, 6.45) is 0. The first-order valence-corrected chi connectivity index (χ1v) is 7.78. The molecule has 0 radical (unpaired) electrons. The van der Waals surface area contributed by atoms with E-state index in [4.69, 9.17) is 4.42 Å². The molecule has 0 bridgehead atoms. The van der Waals surface area contributed by atoms with Gasteiger partial charge in [-0.15, -0.1) is 0 Å². The van der Waals surface area contributed by atoms with Crippen LogP contribution in [0.15, 0.2) is 46.9 Å². The van der Waals surface area contributed by atoms with Crippen molar-refractivity contribution >= 4 is 6.03 Å². The van der Waals surface area contributed by atoms with E-state index in [0.29, 0.717) is 0 Å². The number of furan rings is 1. The maximum absolute atomic E-state index is 12.3. The van der Waals surface area contributed by atoms with E-state index in [-0.39, 0.29) is 18.1 Å². The Kier molecular flexibility index (Phi) is 5.82. The highest BCUT2D eigenvalue weighted by molar-refractivity contribution is 5.74. The van der Waals surface area contributed by atoms with Gasteiger partial charge in [-0.25, -0.2) is 4.79 Å². The van der Waals surface area contributed by atoms with Crippen LogP contribution in [0, 0.1) is 6.92 Å². The highest BCUT2D eigenvalue weighted by atomic mass is 16.3. The van der Waals surface area contributed by atoms with Crippen LogP contribution in [0.1, 0.15) is 36.1 Å². The fourth-order valence-corrected chi connectivity index (χ4v) is 2.44. The minimum atomic E-state index is -0.206. The number of hydrogen-bond donors (Lipinski definition) is 2. The van der Waals surface area contributed by atoms with Gasteiger partial charge in [-0.2, -0.15) is 0 Å². The Balaban J connectivity index is 2.00. The molecule has 2 amide bonds. The van der Waals surface area contributed by atoms with Crippen molar-refractivity contribution in [3.63, 3.8) is 0 Å². The molecule has 5 nitrogen and oxygen atoms in total. The molecule has 0 spiro atoms. The molecule has 1 aromatic carbocycles. The average molecular weight is 315 g/mol. The Labute approximate surface area is 137 Å². The van der Waals surface area contributed by atoms with E-state index in [1.54, 1.807) is 0 Å². The number of carbonyl (C=O) groups excluding carboxylic acids is 1. The summed E-state index contributed by atoms with van der Waals surface area (Å²) in [4.78, 5) is 14.4. The van der Waals surface area contributed by atoms with Crippen molar-refractivity contribution < 1.29 is 9.21 Å². The maximum atomic E-state index is 12.3. The lowest BCUT2D eigenvalue weighted by Gasteiger charge is -2.24. The van der Waals surface area contributed by atoms with Crippen molar-refractivity contribution in [1.29, 1.82) is 0 Å². The molecule has 1 aromatic heterocycles. The monoisotopic (exact) mass is 315 g/mol. The van der Waals surface area contributed by atoms with Crippen molar-refractivity contribution in [3.8, 4) is 0 Å². The molecule has 0 saturated carbocycles. The van der Waals surface area contributed by atoms with Crippen molar-refractivity contribution in [2.45, 2.75) is 25.9 Å². The third kappa shape index (κ3) is 5.14. The van der Waals surface area contributed by atoms with E-state index in [2.05, 4.69) is 15.5 Å². The third-order valence-electron chi connectivity index (χ3n) is 3.59. The molecule has 1 heterocycles. The minimum absolute atomic E-state index is 0.0725. The fraction of sp³-hybridized carbons (Fsp3) is 0.389. The number of benzene rings is 1. The molecule has 2 N–H and O–H groups in total. The second kappa shape index (κ2) is 7.83. The average Bonchev–Trinajstić information content (AvgIpc) is 2.93. The molecular formula is C18H25N3O2. The Morgan fingerprint density at radius 2 is 1.83 bits per heavy atom. The second-order valence-corrected chi connectivity index (χ2v) is 6.01. The van der Waals surface area contributed by atoms with Gasteiger partial charge in [0.2, 0.25) is 0 Å². The first-order chi connectivity index (χ1) is 11.0. The molecule has 5 heteroatoms. The normalized spacial score (nSPS) is 13.6. The zero-order valence-corrected chi connectivity index (χ0v) is 14.2. The van der Waals surface area contributed by atoms with Gasteiger partial charge in [0.25, 0.3) is 0 Å². The Morgan fingerprint density at radius 3 is 2.39 bits per heavy atom. The lowest BCUT2D eigenvalue weighted by atomic mass is 10.1. The summed E-state index contributed by atoms with van der Waals surface area (Å²) in [5, 5.41) is 5.96. The Hall–Kier alpha value is -2.27. The van der Waals surface area contributed by atoms with Gasteiger partial charge in [-0.05, 0) is 45.6 Å². The van der Waals surface area contributed by atoms with Crippen LogP contribution in [-0.2, 0) is 0 Å². The lowest BCUT2D eigenvalue weighted by Crippen LogP contribution is -2.42. The Bertz CT molecular complexity index is 622. The summed E-state index contributed by atoms with van der Waals surface area (Å²) in [5.41, 5.74) is 1.08. The molecule has 2 rings (SSSR count). The summed E-state index contributed by atoms with van der Waals surface area (Å²) in [6.45, 7) is 4.52. The molecule has 0 aliphatic rings. The first kappa shape index (κ1) is 17.1. The number of likely N-dealkylation sites (N-methyl/N-ethyl adjacent to an activating group) is 1. The minimum Gasteiger partial charge on any atom is -0.464 e. The molecular weight excluding hydrogens is 290 g/mol. The van der Waals surface area contributed by atoms with Crippen molar-refractivity contribution in [1.82, 2.24) is 15.5 Å². The van der Waals surface area contributed by atoms with Crippen LogP contribution in [0.2, 0.25) is 0 Å². The molecule has 124 valence electrons. The summed E-state index contributed by atoms with van der Waals surface area (Å²) >= 11 is 0. The fourth-order valence-electron chi connectivity index (χ4n) is 2.44. The van der Waals surface area contributed by atoms with Crippen LogP contribution < -0.4 is 10.6 Å². The summed E-state index contributed by atoms with van der Waals surface area (Å²) in [5.74, 6) is 1.59. The van der Waals surface area contributed by atoms with Crippen LogP contribution in [0.5, 0.6) is 0 Å². The smallest absolute Gasteiger partial charge is 0.315 e. The van der Waals surface area contributed by atoms with Gasteiger partial charge < -0.3 is 20.0 Å². The van der Waals surface area contributed by atoms with Crippen LogP contribution in [0.3, 0.4) is 0 Å². The van der Waals surface area contributed by atoms with E-state index < -0.39 is 0 Å². The number of nitrogens with zero attached hydrogens (tertiary/aromatic N) is 1. The van der Waals surface area contributed by atoms with E-state index >= 15 is 0 Å². The topological polar surface area (TPSA) is 57.5 Å². The molecule has 0 fully saturated rings. The molecule has 2 aromatic rings. The summed E-state index contributed by atoms with van der Waals surface area (Å²) in [6, 6.07) is 13.3. The second-order valence-electron chi connectivity index (χ2n) is 6.01. The van der Waals surface area contributed by atoms with Crippen LogP contribution in [0.4, 0.5) is 4.79 Å². The number of carbonyl (C=O) groups is 1. The van der Waals surface area contributed by atoms with Crippen molar-refractivity contribution in [2.24, 2.45) is 0 Å². The van der Waals surface area contributed by atoms with E-state index in [1.807, 2.05) is 70.4 Å². The van der Waals surface area contributed by atoms with E-state index in [0.717, 1.165) is 23.6 Å². The van der Waals surface area contributed by atoms with E-state index in [1.165, 1.54) is 0 Å². The van der Waals surface area contributed by atoms with Gasteiger partial charge in [-0.1, -0.05) is 30.3 Å². The van der Waals surface area contributed by atoms with Crippen LogP contribution >= 0.6 is 0 Å². The number of urea groups is 1. The molecule has 23 heavy (non-hydrogen) atoms. The van der Waals surface area contributed by atoms with Gasteiger partial charge in [0.05, 0.1) is 12.1 Å². The molecule has 0 saturated heterocycles. The Morgan fingerprint density at radius 1 is 1.13 bits per heavy atom. The highest BCUT2D eigenvalue weighted by Gasteiger charge is 2.18. The SMILES string of the molecule is Cc1ccc(C(C)NC(=O)NC(CN(C)C)c2ccccc2)o1. The molecule has 2 atom stereocenters. The highest BCUT2D eigenvalue weighted by Crippen LogP contribution is 2.16. The van der Waals surface area contributed by atoms with Gasteiger partial charge in [0, 0.05) is 6.54 Å². The van der Waals surface area contributed by atoms with Crippen LogP contribution in [-0.4, -0.2) is 31.6 Å². The number of hydrogen-bond acceptors (Lipinski definition) is 3. The molecule has 0 aliphatic carbocycles. The standard InChI is InChI=1S/C18H25N3O2/c1-13-10-11-17(23-13)14(2)19-18(22)20-16(12-21(3)4)15-8-6-5-7-9-15/h5-11,14,16H,12H2,1-4H3,(H2,19,20,22). The van der Waals surface area contributed by atoms with Gasteiger partial charge in [0.1, 0.15) is 11.5 Å². The third-order valence-corrected chi connectivity index (χ3v) is 3.59. The van der Waals surface area contributed by atoms with Crippen molar-refractivity contribution in [2.75, 3.05) is 20.6 Å². The first-order valence-electron chi connectivity index (χ1n) is 7.78. The maximum Gasteiger partial charge on any atom is 0.315 e. The lowest BCUT2D eigenvalue weighted by molar-refractivity contribution is 0.228. The van der Waals surface area contributed by atoms with Gasteiger partial charge in [-0.3, -0.25) is 0 Å². The predicted octanol–water partition coefficient (Wildman–Crippen LogP) is 3.25. The predicted molar refractivity (Wildman–Crippen MR) is 91.3 cm³/mol. The number of nitrogens with one attached hydrogen (secondary N) is 2. The van der Waals surface area contributed by atoms with Gasteiger partial charge in [0.15, 0.2) is 0 Å². The zero-order valence-electron chi connectivity index (χ0n) is 14.2. The van der Waals surface area contributed by atoms with Gasteiger partial charge >= 0.3 is 6.03 Å². The largest absolute Gasteiger partial charge is 0.464 e. The number of aryl methyl sites for hydroxylation is 1. The molecule has 0 aliphatic heterocycles.